The summed E-state index contributed by atoms with van der Waals surface area (Å²) in [6, 6.07) is 98.4. The molecular weight excluding hydrogens is 911 g/mol. The molecule has 0 unspecified atom stereocenters. The van der Waals surface area contributed by atoms with E-state index >= 15 is 0 Å². The highest BCUT2D eigenvalue weighted by Gasteiger charge is 2.26. The Kier molecular flexibility index (Phi) is 9.82. The van der Waals surface area contributed by atoms with E-state index in [-0.39, 0.29) is 0 Å². The lowest BCUT2D eigenvalue weighted by atomic mass is 9.92. The highest BCUT2D eigenvalue weighted by molar-refractivity contribution is 6.18. The maximum absolute atomic E-state index is 5.41. The second-order valence-electron chi connectivity index (χ2n) is 19.3. The zero-order chi connectivity index (χ0) is 49.4. The van der Waals surface area contributed by atoms with Crippen molar-refractivity contribution in [3.05, 3.63) is 273 Å². The van der Waals surface area contributed by atoms with Crippen LogP contribution in [0.15, 0.2) is 273 Å². The number of nitrogens with zero attached hydrogens (tertiary/aromatic N) is 5. The third-order valence-electron chi connectivity index (χ3n) is 15.0. The van der Waals surface area contributed by atoms with Crippen molar-refractivity contribution in [1.29, 1.82) is 0 Å². The first-order chi connectivity index (χ1) is 37.2. The van der Waals surface area contributed by atoms with Gasteiger partial charge in [0.1, 0.15) is 0 Å². The molecule has 0 aliphatic carbocycles. The zero-order valence-electron chi connectivity index (χ0n) is 40.7. The molecule has 0 radical (unpaired) electrons. The lowest BCUT2D eigenvalue weighted by molar-refractivity contribution is 1.16. The molecule has 0 fully saturated rings. The van der Waals surface area contributed by atoms with E-state index in [2.05, 4.69) is 275 Å². The van der Waals surface area contributed by atoms with Gasteiger partial charge in [-0.05, 0) is 83.9 Å². The van der Waals surface area contributed by atoms with Crippen LogP contribution in [0.1, 0.15) is 0 Å². The van der Waals surface area contributed by atoms with Crippen LogP contribution >= 0.6 is 0 Å². The minimum absolute atomic E-state index is 0.655. The molecule has 15 aromatic rings. The van der Waals surface area contributed by atoms with E-state index in [0.29, 0.717) is 5.82 Å². The molecule has 0 saturated carbocycles. The molecule has 0 saturated heterocycles. The summed E-state index contributed by atoms with van der Waals surface area (Å²) in [5.74, 6) is 0.655. The molecule has 4 aromatic heterocycles. The van der Waals surface area contributed by atoms with Gasteiger partial charge >= 0.3 is 0 Å². The van der Waals surface area contributed by atoms with Crippen molar-refractivity contribution in [2.45, 2.75) is 0 Å². The van der Waals surface area contributed by atoms with Crippen molar-refractivity contribution in [2.75, 3.05) is 0 Å². The van der Waals surface area contributed by atoms with Crippen LogP contribution in [0.5, 0.6) is 0 Å². The van der Waals surface area contributed by atoms with Crippen molar-refractivity contribution in [3.63, 3.8) is 0 Å². The van der Waals surface area contributed by atoms with E-state index < -0.39 is 0 Å². The molecule has 350 valence electrons. The molecule has 0 bridgehead atoms. The summed E-state index contributed by atoms with van der Waals surface area (Å²) >= 11 is 0. The Bertz CT molecular complexity index is 4460. The fourth-order valence-corrected chi connectivity index (χ4v) is 11.8. The molecule has 11 aromatic carbocycles. The molecule has 5 heteroatoms. The molecular formula is C70H45N5. The van der Waals surface area contributed by atoms with Gasteiger partial charge in [0.05, 0.1) is 55.9 Å². The minimum atomic E-state index is 0.655. The summed E-state index contributed by atoms with van der Waals surface area (Å²) in [6.07, 6.45) is 0. The predicted octanol–water partition coefficient (Wildman–Crippen LogP) is 18.1. The lowest BCUT2D eigenvalue weighted by Gasteiger charge is -2.21. The Morgan fingerprint density at radius 1 is 0.253 bits per heavy atom. The van der Waals surface area contributed by atoms with E-state index in [1.54, 1.807) is 0 Å². The van der Waals surface area contributed by atoms with Crippen molar-refractivity contribution in [2.24, 2.45) is 0 Å². The third-order valence-corrected chi connectivity index (χ3v) is 15.0. The number of fused-ring (bicyclic) bond motifs is 9. The molecule has 0 aliphatic heterocycles. The average molecular weight is 956 g/mol. The zero-order valence-corrected chi connectivity index (χ0v) is 40.7. The standard InChI is InChI=1S/C70H45N5/c1-5-22-46(23-6-1)56-42-50(70-71-59(48-26-9-3-10-27-48)45-60(72-70)49-28-11-4-12-29-49)43-57(47-24-7-2-8-25-47)69(56)75-65-41-40-51(73-61-34-17-13-30-52(61)53-31-14-18-35-62(53)73)44-58(65)68-66(38-21-39-67(68)75)74-63-36-19-15-32-54(63)55-33-16-20-37-64(55)74/h1-45H. The van der Waals surface area contributed by atoms with Gasteiger partial charge in [-0.1, -0.05) is 200 Å². The van der Waals surface area contributed by atoms with E-state index in [4.69, 9.17) is 9.97 Å². The SMILES string of the molecule is c1ccc(-c2cc(-c3ccccc3)nc(-c3cc(-c4ccccc4)c(-n4c5ccc(-n6c7ccccc7c7ccccc76)cc5c5c(-n6c7ccccc7c7ccccc76)cccc54)c(-c4ccccc4)c3)n2)cc1. The maximum atomic E-state index is 5.41. The van der Waals surface area contributed by atoms with E-state index in [0.717, 1.165) is 100 Å². The summed E-state index contributed by atoms with van der Waals surface area (Å²) in [5, 5.41) is 7.22. The molecule has 5 nitrogen and oxygen atoms in total. The monoisotopic (exact) mass is 955 g/mol. The van der Waals surface area contributed by atoms with Crippen LogP contribution in [0, 0.1) is 0 Å². The van der Waals surface area contributed by atoms with Crippen LogP contribution in [0.3, 0.4) is 0 Å². The highest BCUT2D eigenvalue weighted by Crippen LogP contribution is 2.47. The van der Waals surface area contributed by atoms with Crippen LogP contribution < -0.4 is 0 Å². The maximum Gasteiger partial charge on any atom is 0.160 e. The lowest BCUT2D eigenvalue weighted by Crippen LogP contribution is -2.03. The Labute approximate surface area is 433 Å². The van der Waals surface area contributed by atoms with Gasteiger partial charge in [0.2, 0.25) is 0 Å². The Hall–Kier alpha value is -10.1. The first-order valence-corrected chi connectivity index (χ1v) is 25.6. The molecule has 75 heavy (non-hydrogen) atoms. The second-order valence-corrected chi connectivity index (χ2v) is 19.3. The number of benzene rings is 11. The quantitative estimate of drug-likeness (QED) is 0.152. The summed E-state index contributed by atoms with van der Waals surface area (Å²) in [5.41, 5.74) is 19.2. The minimum Gasteiger partial charge on any atom is -0.309 e. The van der Waals surface area contributed by atoms with Crippen LogP contribution in [-0.4, -0.2) is 23.7 Å². The molecule has 0 amide bonds. The largest absolute Gasteiger partial charge is 0.309 e. The summed E-state index contributed by atoms with van der Waals surface area (Å²) < 4.78 is 7.44. The molecule has 0 atom stereocenters. The smallest absolute Gasteiger partial charge is 0.160 e. The number of aromatic nitrogens is 5. The van der Waals surface area contributed by atoms with E-state index in [1.807, 2.05) is 12.1 Å². The van der Waals surface area contributed by atoms with E-state index in [9.17, 15) is 0 Å². The topological polar surface area (TPSA) is 40.6 Å². The molecule has 0 aliphatic rings. The predicted molar refractivity (Wildman–Crippen MR) is 312 cm³/mol. The number of hydrogen-bond donors (Lipinski definition) is 0. The van der Waals surface area contributed by atoms with Gasteiger partial charge in [0, 0.05) is 65.8 Å². The first kappa shape index (κ1) is 42.6. The van der Waals surface area contributed by atoms with Crippen molar-refractivity contribution >= 4 is 65.4 Å². The van der Waals surface area contributed by atoms with Gasteiger partial charge in [-0.3, -0.25) is 0 Å². The van der Waals surface area contributed by atoms with Gasteiger partial charge in [-0.25, -0.2) is 9.97 Å². The van der Waals surface area contributed by atoms with Crippen LogP contribution in [0.2, 0.25) is 0 Å². The average Bonchev–Trinajstić information content (AvgIpc) is 4.21. The van der Waals surface area contributed by atoms with Crippen molar-refractivity contribution < 1.29 is 0 Å². The molecule has 0 spiro atoms. The van der Waals surface area contributed by atoms with Crippen molar-refractivity contribution in [3.8, 4) is 73.2 Å². The molecule has 0 N–H and O–H groups in total. The Balaban J connectivity index is 1.08. The first-order valence-electron chi connectivity index (χ1n) is 25.6. The number of rotatable bonds is 8. The van der Waals surface area contributed by atoms with Gasteiger partial charge in [-0.2, -0.15) is 0 Å². The fraction of sp³-hybridized carbons (Fsp3) is 0. The fourth-order valence-electron chi connectivity index (χ4n) is 11.8. The Morgan fingerprint density at radius 2 is 0.653 bits per heavy atom. The van der Waals surface area contributed by atoms with E-state index in [1.165, 1.54) is 32.6 Å². The van der Waals surface area contributed by atoms with Crippen LogP contribution in [-0.2, 0) is 0 Å². The highest BCUT2D eigenvalue weighted by atomic mass is 15.0. The normalized spacial score (nSPS) is 11.7. The van der Waals surface area contributed by atoms with Gasteiger partial charge in [0.25, 0.3) is 0 Å². The van der Waals surface area contributed by atoms with Gasteiger partial charge in [0.15, 0.2) is 5.82 Å². The second kappa shape index (κ2) is 17.3. The summed E-state index contributed by atoms with van der Waals surface area (Å²) in [6.45, 7) is 0. The Morgan fingerprint density at radius 3 is 1.13 bits per heavy atom. The molecule has 4 heterocycles. The van der Waals surface area contributed by atoms with Crippen LogP contribution in [0.4, 0.5) is 0 Å². The molecule has 15 rings (SSSR count). The number of para-hydroxylation sites is 4. The number of hydrogen-bond acceptors (Lipinski definition) is 2. The summed E-state index contributed by atoms with van der Waals surface area (Å²) in [7, 11) is 0. The van der Waals surface area contributed by atoms with Crippen molar-refractivity contribution in [1.82, 2.24) is 23.7 Å². The third kappa shape index (κ3) is 6.86. The van der Waals surface area contributed by atoms with Gasteiger partial charge < -0.3 is 13.7 Å². The summed E-state index contributed by atoms with van der Waals surface area (Å²) in [4.78, 5) is 10.8. The van der Waals surface area contributed by atoms with Crippen LogP contribution in [0.25, 0.3) is 139 Å². The van der Waals surface area contributed by atoms with Gasteiger partial charge in [-0.15, -0.1) is 0 Å².